The highest BCUT2D eigenvalue weighted by Gasteiger charge is 2.48. The van der Waals surface area contributed by atoms with Crippen molar-refractivity contribution >= 4 is 17.6 Å². The highest BCUT2D eigenvalue weighted by molar-refractivity contribution is 5.98. The van der Waals surface area contributed by atoms with Crippen molar-refractivity contribution in [3.8, 4) is 17.4 Å². The second-order valence-corrected chi connectivity index (χ2v) is 5.92. The molecule has 2 atom stereocenters. The van der Waals surface area contributed by atoms with Crippen molar-refractivity contribution in [1.29, 1.82) is 0 Å². The molecule has 1 amide bonds. The van der Waals surface area contributed by atoms with E-state index in [0.29, 0.717) is 29.5 Å². The third-order valence-electron chi connectivity index (χ3n) is 3.98. The molecule has 1 aliphatic carbocycles. The number of hydrogen-bond acceptors (Lipinski definition) is 5. The number of pyridine rings is 1. The molecule has 130 valence electrons. The maximum atomic E-state index is 11.9. The SMILES string of the molecule is COc1cc(C)ccc1Oc1ccc(NC(=O)[C@@H]2C[C@H]2C(=O)O)cn1. The van der Waals surface area contributed by atoms with Crippen LogP contribution in [-0.4, -0.2) is 29.1 Å². The van der Waals surface area contributed by atoms with Gasteiger partial charge >= 0.3 is 5.97 Å². The lowest BCUT2D eigenvalue weighted by Crippen LogP contribution is -2.16. The number of nitrogens with zero attached hydrogens (tertiary/aromatic N) is 1. The molecule has 0 bridgehead atoms. The van der Waals surface area contributed by atoms with E-state index in [4.69, 9.17) is 14.6 Å². The van der Waals surface area contributed by atoms with Crippen LogP contribution in [0.25, 0.3) is 0 Å². The van der Waals surface area contributed by atoms with Crippen LogP contribution < -0.4 is 14.8 Å². The number of nitrogens with one attached hydrogen (secondary N) is 1. The lowest BCUT2D eigenvalue weighted by molar-refractivity contribution is -0.139. The van der Waals surface area contributed by atoms with Crippen molar-refractivity contribution in [3.05, 3.63) is 42.1 Å². The van der Waals surface area contributed by atoms with Gasteiger partial charge in [-0.3, -0.25) is 9.59 Å². The molecule has 25 heavy (non-hydrogen) atoms. The summed E-state index contributed by atoms with van der Waals surface area (Å²) in [4.78, 5) is 26.9. The van der Waals surface area contributed by atoms with Gasteiger partial charge in [-0.15, -0.1) is 0 Å². The molecular formula is C18H18N2O5. The van der Waals surface area contributed by atoms with Crippen LogP contribution in [0.5, 0.6) is 17.4 Å². The molecule has 1 fully saturated rings. The fraction of sp³-hybridized carbons (Fsp3) is 0.278. The Labute approximate surface area is 144 Å². The summed E-state index contributed by atoms with van der Waals surface area (Å²) in [6.07, 6.45) is 1.84. The van der Waals surface area contributed by atoms with Gasteiger partial charge in [0.2, 0.25) is 11.8 Å². The topological polar surface area (TPSA) is 97.8 Å². The molecule has 0 radical (unpaired) electrons. The minimum Gasteiger partial charge on any atom is -0.493 e. The zero-order valence-electron chi connectivity index (χ0n) is 13.9. The van der Waals surface area contributed by atoms with Crippen LogP contribution in [0.3, 0.4) is 0 Å². The van der Waals surface area contributed by atoms with Crippen LogP contribution in [0.1, 0.15) is 12.0 Å². The zero-order chi connectivity index (χ0) is 18.0. The first-order chi connectivity index (χ1) is 12.0. The monoisotopic (exact) mass is 342 g/mol. The summed E-state index contributed by atoms with van der Waals surface area (Å²) in [6, 6.07) is 8.83. The lowest BCUT2D eigenvalue weighted by Gasteiger charge is -2.11. The summed E-state index contributed by atoms with van der Waals surface area (Å²) in [5.74, 6) is -0.783. The van der Waals surface area contributed by atoms with Gasteiger partial charge in [0.15, 0.2) is 11.5 Å². The fourth-order valence-corrected chi connectivity index (χ4v) is 2.48. The Morgan fingerprint density at radius 3 is 2.60 bits per heavy atom. The predicted molar refractivity (Wildman–Crippen MR) is 89.9 cm³/mol. The molecule has 0 unspecified atom stereocenters. The predicted octanol–water partition coefficient (Wildman–Crippen LogP) is 2.85. The van der Waals surface area contributed by atoms with Gasteiger partial charge in [0.25, 0.3) is 0 Å². The van der Waals surface area contributed by atoms with Crippen molar-refractivity contribution < 1.29 is 24.2 Å². The summed E-state index contributed by atoms with van der Waals surface area (Å²) in [7, 11) is 1.57. The second kappa shape index (κ2) is 6.80. The average Bonchev–Trinajstić information content (AvgIpc) is 3.39. The fourth-order valence-electron chi connectivity index (χ4n) is 2.48. The molecule has 2 aromatic rings. The molecule has 7 nitrogen and oxygen atoms in total. The zero-order valence-corrected chi connectivity index (χ0v) is 13.9. The van der Waals surface area contributed by atoms with Crippen molar-refractivity contribution in [2.45, 2.75) is 13.3 Å². The van der Waals surface area contributed by atoms with Gasteiger partial charge in [0.05, 0.1) is 30.8 Å². The minimum absolute atomic E-state index is 0.303. The van der Waals surface area contributed by atoms with E-state index in [1.165, 1.54) is 6.20 Å². The number of ether oxygens (including phenoxy) is 2. The Morgan fingerprint density at radius 2 is 2.00 bits per heavy atom. The van der Waals surface area contributed by atoms with Gasteiger partial charge in [0.1, 0.15) is 0 Å². The molecular weight excluding hydrogens is 324 g/mol. The van der Waals surface area contributed by atoms with Crippen LogP contribution in [0.2, 0.25) is 0 Å². The van der Waals surface area contributed by atoms with E-state index in [2.05, 4.69) is 10.3 Å². The Bertz CT molecular complexity index is 804. The molecule has 7 heteroatoms. The number of hydrogen-bond donors (Lipinski definition) is 2. The van der Waals surface area contributed by atoms with Crippen LogP contribution in [0, 0.1) is 18.8 Å². The Balaban J connectivity index is 1.63. The van der Waals surface area contributed by atoms with E-state index in [9.17, 15) is 9.59 Å². The van der Waals surface area contributed by atoms with Gasteiger partial charge in [0, 0.05) is 6.07 Å². The lowest BCUT2D eigenvalue weighted by atomic mass is 10.2. The minimum atomic E-state index is -0.936. The number of carbonyl (C=O) groups is 2. The molecule has 1 saturated carbocycles. The molecule has 0 spiro atoms. The van der Waals surface area contributed by atoms with Crippen molar-refractivity contribution in [3.63, 3.8) is 0 Å². The summed E-state index contributed by atoms with van der Waals surface area (Å²) in [5, 5.41) is 11.5. The smallest absolute Gasteiger partial charge is 0.307 e. The van der Waals surface area contributed by atoms with E-state index in [-0.39, 0.29) is 5.91 Å². The maximum absolute atomic E-state index is 11.9. The molecule has 1 aromatic carbocycles. The Hall–Kier alpha value is -3.09. The van der Waals surface area contributed by atoms with Crippen LogP contribution in [0.4, 0.5) is 5.69 Å². The van der Waals surface area contributed by atoms with E-state index in [1.54, 1.807) is 25.3 Å². The molecule has 1 aliphatic rings. The third-order valence-corrected chi connectivity index (χ3v) is 3.98. The molecule has 1 aromatic heterocycles. The highest BCUT2D eigenvalue weighted by Crippen LogP contribution is 2.39. The largest absolute Gasteiger partial charge is 0.493 e. The molecule has 3 rings (SSSR count). The number of carboxylic acid groups (broad SMARTS) is 1. The van der Waals surface area contributed by atoms with Crippen molar-refractivity contribution in [2.24, 2.45) is 11.8 Å². The number of carboxylic acids is 1. The number of amides is 1. The number of aromatic nitrogens is 1. The normalized spacial score (nSPS) is 18.3. The van der Waals surface area contributed by atoms with Crippen molar-refractivity contribution in [1.82, 2.24) is 4.98 Å². The first-order valence-corrected chi connectivity index (χ1v) is 7.80. The first kappa shape index (κ1) is 16.8. The summed E-state index contributed by atoms with van der Waals surface area (Å²) >= 11 is 0. The highest BCUT2D eigenvalue weighted by atomic mass is 16.5. The second-order valence-electron chi connectivity index (χ2n) is 5.92. The third kappa shape index (κ3) is 3.88. The van der Waals surface area contributed by atoms with Gasteiger partial charge in [-0.2, -0.15) is 0 Å². The van der Waals surface area contributed by atoms with Gasteiger partial charge in [-0.25, -0.2) is 4.98 Å². The number of aliphatic carboxylic acids is 1. The number of rotatable bonds is 6. The van der Waals surface area contributed by atoms with Crippen LogP contribution in [0.15, 0.2) is 36.5 Å². The summed E-state index contributed by atoms with van der Waals surface area (Å²) in [5.41, 5.74) is 1.54. The summed E-state index contributed by atoms with van der Waals surface area (Å²) in [6.45, 7) is 1.96. The molecule has 0 aliphatic heterocycles. The van der Waals surface area contributed by atoms with E-state index in [0.717, 1.165) is 5.56 Å². The molecule has 1 heterocycles. The van der Waals surface area contributed by atoms with Gasteiger partial charge in [-0.1, -0.05) is 6.07 Å². The number of benzene rings is 1. The molecule has 2 N–H and O–H groups in total. The van der Waals surface area contributed by atoms with Gasteiger partial charge < -0.3 is 19.9 Å². The average molecular weight is 342 g/mol. The number of carbonyl (C=O) groups excluding carboxylic acids is 1. The number of anilines is 1. The van der Waals surface area contributed by atoms with Crippen molar-refractivity contribution in [2.75, 3.05) is 12.4 Å². The standard InChI is InChI=1S/C18H18N2O5/c1-10-3-5-14(15(7-10)24-2)25-16-6-4-11(9-19-16)20-17(21)12-8-13(12)18(22)23/h3-7,9,12-13H,8H2,1-2H3,(H,20,21)(H,22,23)/t12-,13-/m1/s1. The van der Waals surface area contributed by atoms with Gasteiger partial charge in [-0.05, 0) is 37.1 Å². The van der Waals surface area contributed by atoms with E-state index >= 15 is 0 Å². The Kier molecular flexibility index (Phi) is 4.56. The molecule has 0 saturated heterocycles. The number of aryl methyl sites for hydroxylation is 1. The first-order valence-electron chi connectivity index (χ1n) is 7.80. The maximum Gasteiger partial charge on any atom is 0.307 e. The quantitative estimate of drug-likeness (QED) is 0.838. The van der Waals surface area contributed by atoms with E-state index in [1.807, 2.05) is 19.1 Å². The van der Waals surface area contributed by atoms with E-state index < -0.39 is 17.8 Å². The summed E-state index contributed by atoms with van der Waals surface area (Å²) < 4.78 is 11.0. The number of methoxy groups -OCH3 is 1. The Morgan fingerprint density at radius 1 is 1.20 bits per heavy atom. The van der Waals surface area contributed by atoms with Crippen LogP contribution >= 0.6 is 0 Å². The van der Waals surface area contributed by atoms with Crippen LogP contribution in [-0.2, 0) is 9.59 Å².